The van der Waals surface area contributed by atoms with Crippen molar-refractivity contribution in [1.82, 2.24) is 10.2 Å². The van der Waals surface area contributed by atoms with Gasteiger partial charge in [-0.15, -0.1) is 0 Å². The lowest BCUT2D eigenvalue weighted by atomic mass is 10.2. The Balaban J connectivity index is 1.46. The summed E-state index contributed by atoms with van der Waals surface area (Å²) in [6.45, 7) is 5.51. The largest absolute Gasteiger partial charge is 0.392 e. The summed E-state index contributed by atoms with van der Waals surface area (Å²) >= 11 is 0. The molecular weight excluding hydrogens is 176 g/mol. The lowest BCUT2D eigenvalue weighted by molar-refractivity contribution is 0.147. The van der Waals surface area contributed by atoms with Crippen LogP contribution in [0.15, 0.2) is 0 Å². The molecule has 3 heteroatoms. The number of rotatable bonds is 6. The predicted octanol–water partition coefficient (Wildman–Crippen LogP) is 0.443. The van der Waals surface area contributed by atoms with Gasteiger partial charge in [0.2, 0.25) is 0 Å². The maximum atomic E-state index is 9.60. The smallest absolute Gasteiger partial charge is 0.0692 e. The van der Waals surface area contributed by atoms with E-state index in [0.29, 0.717) is 5.92 Å². The molecule has 0 aromatic heterocycles. The second-order valence-electron chi connectivity index (χ2n) is 4.66. The van der Waals surface area contributed by atoms with Crippen molar-refractivity contribution in [2.24, 2.45) is 5.92 Å². The number of aliphatic hydroxyl groups is 1. The first-order chi connectivity index (χ1) is 6.86. The van der Waals surface area contributed by atoms with E-state index in [-0.39, 0.29) is 6.10 Å². The minimum absolute atomic E-state index is 0.0893. The molecule has 0 aromatic rings. The maximum Gasteiger partial charge on any atom is 0.0692 e. The maximum absolute atomic E-state index is 9.60. The fraction of sp³-hybridized carbons (Fsp3) is 1.00. The fourth-order valence-corrected chi connectivity index (χ4v) is 2.14. The van der Waals surface area contributed by atoms with E-state index >= 15 is 0 Å². The van der Waals surface area contributed by atoms with Crippen molar-refractivity contribution < 1.29 is 5.11 Å². The van der Waals surface area contributed by atoms with E-state index in [0.717, 1.165) is 19.6 Å². The molecule has 1 unspecified atom stereocenters. The van der Waals surface area contributed by atoms with Gasteiger partial charge in [-0.1, -0.05) is 0 Å². The predicted molar refractivity (Wildman–Crippen MR) is 57.3 cm³/mol. The molecule has 0 amide bonds. The summed E-state index contributed by atoms with van der Waals surface area (Å²) in [6, 6.07) is 0. The Morgan fingerprint density at radius 1 is 1.29 bits per heavy atom. The van der Waals surface area contributed by atoms with Gasteiger partial charge in [-0.3, -0.25) is 0 Å². The van der Waals surface area contributed by atoms with Crippen LogP contribution >= 0.6 is 0 Å². The van der Waals surface area contributed by atoms with Crippen LogP contribution in [0, 0.1) is 5.92 Å². The average molecular weight is 198 g/mol. The quantitative estimate of drug-likeness (QED) is 0.608. The van der Waals surface area contributed by atoms with Crippen LogP contribution in [0.4, 0.5) is 0 Å². The van der Waals surface area contributed by atoms with Crippen LogP contribution in [-0.4, -0.2) is 48.8 Å². The number of nitrogens with zero attached hydrogens (tertiary/aromatic N) is 1. The molecule has 3 nitrogen and oxygen atoms in total. The molecule has 0 radical (unpaired) electrons. The molecule has 2 rings (SSSR count). The number of likely N-dealkylation sites (tertiary alicyclic amines) is 1. The Labute approximate surface area is 86.5 Å². The van der Waals surface area contributed by atoms with Crippen LogP contribution in [0.5, 0.6) is 0 Å². The van der Waals surface area contributed by atoms with Crippen LogP contribution in [-0.2, 0) is 0 Å². The first kappa shape index (κ1) is 10.4. The van der Waals surface area contributed by atoms with Crippen molar-refractivity contribution in [2.45, 2.75) is 31.8 Å². The van der Waals surface area contributed by atoms with E-state index in [1.165, 1.54) is 38.8 Å². The minimum Gasteiger partial charge on any atom is -0.392 e. The molecule has 1 saturated carbocycles. The first-order valence-electron chi connectivity index (χ1n) is 5.97. The summed E-state index contributed by atoms with van der Waals surface area (Å²) in [5.74, 6) is 0.606. The number of aliphatic hydroxyl groups excluding tert-OH is 1. The van der Waals surface area contributed by atoms with Gasteiger partial charge in [-0.05, 0) is 44.7 Å². The van der Waals surface area contributed by atoms with Gasteiger partial charge in [-0.2, -0.15) is 0 Å². The summed E-state index contributed by atoms with van der Waals surface area (Å²) in [4.78, 5) is 2.50. The van der Waals surface area contributed by atoms with Crippen molar-refractivity contribution in [3.05, 3.63) is 0 Å². The molecule has 1 heterocycles. The van der Waals surface area contributed by atoms with E-state index < -0.39 is 0 Å². The van der Waals surface area contributed by atoms with E-state index in [2.05, 4.69) is 10.2 Å². The van der Waals surface area contributed by atoms with E-state index in [1.807, 2.05) is 0 Å². The highest BCUT2D eigenvalue weighted by Gasteiger charge is 2.29. The van der Waals surface area contributed by atoms with Gasteiger partial charge >= 0.3 is 0 Å². The molecular formula is C11H22N2O. The normalized spacial score (nSPS) is 25.5. The monoisotopic (exact) mass is 198 g/mol. The lowest BCUT2D eigenvalue weighted by Gasteiger charge is -2.16. The van der Waals surface area contributed by atoms with Crippen molar-refractivity contribution in [3.63, 3.8) is 0 Å². The van der Waals surface area contributed by atoms with Crippen LogP contribution < -0.4 is 5.32 Å². The third kappa shape index (κ3) is 3.23. The molecule has 82 valence electrons. The van der Waals surface area contributed by atoms with Gasteiger partial charge in [0.15, 0.2) is 0 Å². The number of nitrogens with one attached hydrogen (secondary N) is 1. The zero-order valence-corrected chi connectivity index (χ0v) is 8.91. The molecule has 0 spiro atoms. The van der Waals surface area contributed by atoms with Crippen LogP contribution in [0.1, 0.15) is 25.7 Å². The number of hydrogen-bond acceptors (Lipinski definition) is 3. The molecule has 0 aromatic carbocycles. The molecule has 1 saturated heterocycles. The third-order valence-corrected chi connectivity index (χ3v) is 3.32. The van der Waals surface area contributed by atoms with Crippen LogP contribution in [0.3, 0.4) is 0 Å². The Kier molecular flexibility index (Phi) is 3.79. The van der Waals surface area contributed by atoms with Gasteiger partial charge in [0, 0.05) is 19.6 Å². The van der Waals surface area contributed by atoms with Gasteiger partial charge in [-0.25, -0.2) is 0 Å². The Bertz CT molecular complexity index is 161. The standard InChI is InChI=1S/C11H22N2O/c14-11(10-3-4-10)9-12-5-8-13-6-1-2-7-13/h10-12,14H,1-9H2. The minimum atomic E-state index is -0.0893. The molecule has 1 atom stereocenters. The average Bonchev–Trinajstić information content (AvgIpc) is 2.92. The molecule has 1 aliphatic heterocycles. The van der Waals surface area contributed by atoms with Crippen molar-refractivity contribution in [2.75, 3.05) is 32.7 Å². The van der Waals surface area contributed by atoms with Crippen LogP contribution in [0.2, 0.25) is 0 Å². The lowest BCUT2D eigenvalue weighted by Crippen LogP contribution is -2.34. The topological polar surface area (TPSA) is 35.5 Å². The molecule has 0 bridgehead atoms. The SMILES string of the molecule is OC(CNCCN1CCCC1)C1CC1. The Hall–Kier alpha value is -0.120. The molecule has 2 fully saturated rings. The molecule has 2 aliphatic rings. The van der Waals surface area contributed by atoms with Gasteiger partial charge in [0.05, 0.1) is 6.10 Å². The van der Waals surface area contributed by atoms with Gasteiger partial charge < -0.3 is 15.3 Å². The van der Waals surface area contributed by atoms with Gasteiger partial charge in [0.1, 0.15) is 0 Å². The highest BCUT2D eigenvalue weighted by molar-refractivity contribution is 4.82. The summed E-state index contributed by atoms with van der Waals surface area (Å²) in [5, 5.41) is 12.9. The van der Waals surface area contributed by atoms with Gasteiger partial charge in [0.25, 0.3) is 0 Å². The summed E-state index contributed by atoms with van der Waals surface area (Å²) in [5.41, 5.74) is 0. The van der Waals surface area contributed by atoms with Crippen molar-refractivity contribution in [3.8, 4) is 0 Å². The van der Waals surface area contributed by atoms with E-state index in [1.54, 1.807) is 0 Å². The van der Waals surface area contributed by atoms with Crippen LogP contribution in [0.25, 0.3) is 0 Å². The Morgan fingerprint density at radius 2 is 2.00 bits per heavy atom. The van der Waals surface area contributed by atoms with Crippen molar-refractivity contribution in [1.29, 1.82) is 0 Å². The second-order valence-corrected chi connectivity index (χ2v) is 4.66. The summed E-state index contributed by atoms with van der Waals surface area (Å²) in [7, 11) is 0. The summed E-state index contributed by atoms with van der Waals surface area (Å²) in [6.07, 6.45) is 5.10. The highest BCUT2D eigenvalue weighted by Crippen LogP contribution is 2.32. The zero-order valence-electron chi connectivity index (χ0n) is 8.91. The second kappa shape index (κ2) is 5.10. The molecule has 1 aliphatic carbocycles. The number of hydrogen-bond donors (Lipinski definition) is 2. The molecule has 2 N–H and O–H groups in total. The summed E-state index contributed by atoms with van der Waals surface area (Å²) < 4.78 is 0. The fourth-order valence-electron chi connectivity index (χ4n) is 2.14. The third-order valence-electron chi connectivity index (χ3n) is 3.32. The van der Waals surface area contributed by atoms with E-state index in [9.17, 15) is 5.11 Å². The first-order valence-corrected chi connectivity index (χ1v) is 5.97. The van der Waals surface area contributed by atoms with Crippen molar-refractivity contribution >= 4 is 0 Å². The zero-order chi connectivity index (χ0) is 9.80. The Morgan fingerprint density at radius 3 is 2.64 bits per heavy atom. The van der Waals surface area contributed by atoms with E-state index in [4.69, 9.17) is 0 Å². The highest BCUT2D eigenvalue weighted by atomic mass is 16.3. The molecule has 14 heavy (non-hydrogen) atoms.